The van der Waals surface area contributed by atoms with Gasteiger partial charge in [-0.15, -0.1) is 11.3 Å². The quantitative estimate of drug-likeness (QED) is 0.244. The molecule has 3 heterocycles. The Morgan fingerprint density at radius 3 is 2.62 bits per heavy atom. The minimum atomic E-state index is 0.472. The van der Waals surface area contributed by atoms with Crippen LogP contribution in [0.5, 0.6) is 0 Å². The van der Waals surface area contributed by atoms with Crippen LogP contribution in [-0.4, -0.2) is 47.1 Å². The van der Waals surface area contributed by atoms with Crippen molar-refractivity contribution >= 4 is 22.7 Å². The lowest BCUT2D eigenvalue weighted by Gasteiger charge is -2.26. The van der Waals surface area contributed by atoms with Gasteiger partial charge in [0.2, 0.25) is 0 Å². The molecular weight excluding hydrogens is 442 g/mol. The van der Waals surface area contributed by atoms with Gasteiger partial charge in [0, 0.05) is 69.5 Å². The van der Waals surface area contributed by atoms with Gasteiger partial charge in [-0.3, -0.25) is 10.00 Å². The number of nitrogens with one attached hydrogen (secondary N) is 2. The molecule has 1 aliphatic carbocycles. The Hall–Kier alpha value is -3.26. The Morgan fingerprint density at radius 2 is 1.88 bits per heavy atom. The second-order valence-electron chi connectivity index (χ2n) is 9.06. The molecule has 0 amide bonds. The second kappa shape index (κ2) is 8.51. The van der Waals surface area contributed by atoms with Crippen molar-refractivity contribution in [3.8, 4) is 33.0 Å². The molecule has 0 saturated carbocycles. The molecule has 2 aromatic heterocycles. The zero-order valence-corrected chi connectivity index (χ0v) is 20.0. The van der Waals surface area contributed by atoms with Gasteiger partial charge in [-0.25, -0.2) is 0 Å². The third-order valence-corrected chi connectivity index (χ3v) is 7.94. The standard InChI is InChI=1S/C27H27N5OS/c1-16(28)20-7-6-19(12-23(20)29)26-22-14-25-21(27(22)31-30-26)13-24(34-25)18-4-2-17(3-5-18)15-32-8-10-33-11-9-32/h2-7,12-13,28H,8-11,14-15,29H2,1H3,(H,30,31). The van der Waals surface area contributed by atoms with E-state index in [0.29, 0.717) is 11.4 Å². The monoisotopic (exact) mass is 469 g/mol. The summed E-state index contributed by atoms with van der Waals surface area (Å²) in [6.45, 7) is 6.41. The van der Waals surface area contributed by atoms with E-state index >= 15 is 0 Å². The molecule has 1 aliphatic heterocycles. The van der Waals surface area contributed by atoms with Crippen LogP contribution in [0, 0.1) is 5.41 Å². The number of aromatic nitrogens is 2. The number of H-pyrrole nitrogens is 1. The minimum Gasteiger partial charge on any atom is -0.398 e. The molecular formula is C27H27N5OS. The van der Waals surface area contributed by atoms with Crippen LogP contribution < -0.4 is 5.73 Å². The SMILES string of the molecule is CC(=N)c1ccc(-c2n[nH]c3c2Cc2sc(-c4ccc(CN5CCOCC5)cc4)cc2-3)cc1N. The number of nitrogens with zero attached hydrogens (tertiary/aromatic N) is 2. The van der Waals surface area contributed by atoms with Crippen molar-refractivity contribution in [2.24, 2.45) is 0 Å². The number of morpholine rings is 1. The Morgan fingerprint density at radius 1 is 1.12 bits per heavy atom. The van der Waals surface area contributed by atoms with Gasteiger partial charge in [-0.1, -0.05) is 36.4 Å². The topological polar surface area (TPSA) is 91.0 Å². The lowest BCUT2D eigenvalue weighted by Crippen LogP contribution is -2.35. The number of hydrogen-bond donors (Lipinski definition) is 3. The Kier molecular flexibility index (Phi) is 5.32. The van der Waals surface area contributed by atoms with E-state index in [1.54, 1.807) is 6.92 Å². The lowest BCUT2D eigenvalue weighted by atomic mass is 10.0. The number of rotatable bonds is 5. The maximum absolute atomic E-state index is 7.86. The van der Waals surface area contributed by atoms with Crippen molar-refractivity contribution in [2.45, 2.75) is 19.9 Å². The summed E-state index contributed by atoms with van der Waals surface area (Å²) >= 11 is 1.86. The first-order valence-corrected chi connectivity index (χ1v) is 12.4. The summed E-state index contributed by atoms with van der Waals surface area (Å²) in [6, 6.07) is 17.1. The van der Waals surface area contributed by atoms with Crippen LogP contribution in [0.1, 0.15) is 28.5 Å². The van der Waals surface area contributed by atoms with E-state index in [1.807, 2.05) is 29.5 Å². The van der Waals surface area contributed by atoms with E-state index in [2.05, 4.69) is 45.4 Å². The van der Waals surface area contributed by atoms with Crippen LogP contribution in [-0.2, 0) is 17.7 Å². The van der Waals surface area contributed by atoms with E-state index in [-0.39, 0.29) is 0 Å². The molecule has 1 fully saturated rings. The smallest absolute Gasteiger partial charge is 0.0963 e. The first kappa shape index (κ1) is 21.3. The molecule has 0 bridgehead atoms. The number of benzene rings is 2. The average molecular weight is 470 g/mol. The van der Waals surface area contributed by atoms with Crippen LogP contribution in [0.4, 0.5) is 5.69 Å². The van der Waals surface area contributed by atoms with Gasteiger partial charge in [0.1, 0.15) is 0 Å². The number of anilines is 1. The second-order valence-corrected chi connectivity index (χ2v) is 10.2. The van der Waals surface area contributed by atoms with Crippen molar-refractivity contribution in [3.63, 3.8) is 0 Å². The van der Waals surface area contributed by atoms with E-state index in [4.69, 9.17) is 15.9 Å². The fourth-order valence-electron chi connectivity index (χ4n) is 4.92. The molecule has 0 radical (unpaired) electrons. The predicted octanol–water partition coefficient (Wildman–Crippen LogP) is 5.18. The molecule has 2 aromatic carbocycles. The van der Waals surface area contributed by atoms with Gasteiger partial charge < -0.3 is 15.9 Å². The molecule has 34 heavy (non-hydrogen) atoms. The van der Waals surface area contributed by atoms with Crippen molar-refractivity contribution in [3.05, 3.63) is 70.1 Å². The number of aromatic amines is 1. The third-order valence-electron chi connectivity index (χ3n) is 6.76. The maximum atomic E-state index is 7.86. The van der Waals surface area contributed by atoms with Crippen molar-refractivity contribution in [2.75, 3.05) is 32.0 Å². The van der Waals surface area contributed by atoms with Crippen LogP contribution in [0.25, 0.3) is 33.0 Å². The van der Waals surface area contributed by atoms with E-state index < -0.39 is 0 Å². The number of nitrogens with two attached hydrogens (primary N) is 1. The van der Waals surface area contributed by atoms with Gasteiger partial charge >= 0.3 is 0 Å². The number of thiophene rings is 1. The zero-order chi connectivity index (χ0) is 23.2. The van der Waals surface area contributed by atoms with Gasteiger partial charge in [0.05, 0.1) is 24.6 Å². The van der Waals surface area contributed by atoms with Crippen molar-refractivity contribution in [1.29, 1.82) is 5.41 Å². The van der Waals surface area contributed by atoms with Crippen molar-refractivity contribution < 1.29 is 4.74 Å². The fraction of sp³-hybridized carbons (Fsp3) is 0.259. The summed E-state index contributed by atoms with van der Waals surface area (Å²) in [5, 5.41) is 15.8. The number of hydrogen-bond acceptors (Lipinski definition) is 6. The molecule has 7 heteroatoms. The highest BCUT2D eigenvalue weighted by molar-refractivity contribution is 7.16. The van der Waals surface area contributed by atoms with Gasteiger partial charge in [0.25, 0.3) is 0 Å². The van der Waals surface area contributed by atoms with Crippen LogP contribution >= 0.6 is 11.3 Å². The molecule has 1 saturated heterocycles. The first-order chi connectivity index (χ1) is 16.6. The molecule has 4 N–H and O–H groups in total. The third kappa shape index (κ3) is 3.76. The normalized spacial score (nSPS) is 15.3. The van der Waals surface area contributed by atoms with E-state index in [9.17, 15) is 0 Å². The molecule has 6 nitrogen and oxygen atoms in total. The van der Waals surface area contributed by atoms with E-state index in [0.717, 1.165) is 61.8 Å². The van der Waals surface area contributed by atoms with Crippen molar-refractivity contribution in [1.82, 2.24) is 15.1 Å². The number of nitrogen functional groups attached to an aromatic ring is 1. The summed E-state index contributed by atoms with van der Waals surface area (Å²) in [5.41, 5.74) is 16.2. The average Bonchev–Trinajstić information content (AvgIpc) is 3.51. The highest BCUT2D eigenvalue weighted by atomic mass is 32.1. The first-order valence-electron chi connectivity index (χ1n) is 11.6. The fourth-order valence-corrected chi connectivity index (χ4v) is 6.10. The van der Waals surface area contributed by atoms with Gasteiger partial charge in [0.15, 0.2) is 0 Å². The summed E-state index contributed by atoms with van der Waals surface area (Å²) in [6.07, 6.45) is 0.877. The molecule has 0 spiro atoms. The van der Waals surface area contributed by atoms with E-state index in [1.165, 1.54) is 32.0 Å². The number of fused-ring (bicyclic) bond motifs is 3. The minimum absolute atomic E-state index is 0.472. The summed E-state index contributed by atoms with van der Waals surface area (Å²) in [7, 11) is 0. The van der Waals surface area contributed by atoms with Crippen LogP contribution in [0.15, 0.2) is 48.5 Å². The zero-order valence-electron chi connectivity index (χ0n) is 19.1. The predicted molar refractivity (Wildman–Crippen MR) is 139 cm³/mol. The summed E-state index contributed by atoms with van der Waals surface area (Å²) in [5.74, 6) is 0. The Balaban J connectivity index is 1.23. The Labute approximate surface area is 202 Å². The molecule has 6 rings (SSSR count). The lowest BCUT2D eigenvalue weighted by molar-refractivity contribution is 0.0342. The molecule has 172 valence electrons. The highest BCUT2D eigenvalue weighted by Crippen LogP contribution is 2.46. The van der Waals surface area contributed by atoms with Gasteiger partial charge in [-0.05, 0) is 30.2 Å². The van der Waals surface area contributed by atoms with Gasteiger partial charge in [-0.2, -0.15) is 5.10 Å². The largest absolute Gasteiger partial charge is 0.398 e. The Bertz CT molecular complexity index is 1380. The molecule has 2 aliphatic rings. The summed E-state index contributed by atoms with van der Waals surface area (Å²) < 4.78 is 5.45. The molecule has 0 unspecified atom stereocenters. The molecule has 4 aromatic rings. The van der Waals surface area contributed by atoms with Crippen LogP contribution in [0.3, 0.4) is 0 Å². The number of ether oxygens (including phenoxy) is 1. The highest BCUT2D eigenvalue weighted by Gasteiger charge is 2.28. The maximum Gasteiger partial charge on any atom is 0.0963 e. The summed E-state index contributed by atoms with van der Waals surface area (Å²) in [4.78, 5) is 5.11. The van der Waals surface area contributed by atoms with Crippen LogP contribution in [0.2, 0.25) is 0 Å². The molecule has 0 atom stereocenters.